The highest BCUT2D eigenvalue weighted by atomic mass is 19.4. The number of alkyl halides is 3. The molecule has 3 N–H and O–H groups in total. The lowest BCUT2D eigenvalue weighted by atomic mass is 9.99. The molecule has 106 valence electrons. The molecule has 20 heavy (non-hydrogen) atoms. The second-order valence-electron chi connectivity index (χ2n) is 4.27. The molecule has 2 aromatic rings. The fourth-order valence-electron chi connectivity index (χ4n) is 1.83. The van der Waals surface area contributed by atoms with E-state index in [0.29, 0.717) is 0 Å². The van der Waals surface area contributed by atoms with Gasteiger partial charge in [0, 0.05) is 5.56 Å². The molecular formula is C14H11F4NO. The van der Waals surface area contributed by atoms with Crippen molar-refractivity contribution in [2.24, 2.45) is 0 Å². The van der Waals surface area contributed by atoms with Crippen molar-refractivity contribution in [1.82, 2.24) is 0 Å². The van der Waals surface area contributed by atoms with Crippen molar-refractivity contribution >= 4 is 5.69 Å². The van der Waals surface area contributed by atoms with Crippen molar-refractivity contribution in [3.8, 4) is 0 Å². The van der Waals surface area contributed by atoms with Gasteiger partial charge in [0.15, 0.2) is 0 Å². The molecule has 0 saturated carbocycles. The molecule has 0 radical (unpaired) electrons. The Hall–Kier alpha value is -2.08. The Morgan fingerprint density at radius 1 is 1.00 bits per heavy atom. The molecular weight excluding hydrogens is 274 g/mol. The number of anilines is 1. The summed E-state index contributed by atoms with van der Waals surface area (Å²) >= 11 is 0. The molecule has 0 fully saturated rings. The first-order valence-electron chi connectivity index (χ1n) is 5.70. The van der Waals surface area contributed by atoms with Crippen molar-refractivity contribution in [1.29, 1.82) is 0 Å². The third-order valence-corrected chi connectivity index (χ3v) is 2.93. The third kappa shape index (κ3) is 2.75. The molecule has 0 bridgehead atoms. The normalized spacial score (nSPS) is 13.2. The smallest absolute Gasteiger partial charge is 0.396 e. The van der Waals surface area contributed by atoms with Gasteiger partial charge in [-0.05, 0) is 23.8 Å². The summed E-state index contributed by atoms with van der Waals surface area (Å²) in [6.45, 7) is 0. The minimum absolute atomic E-state index is 0.116. The molecule has 2 aromatic carbocycles. The van der Waals surface area contributed by atoms with E-state index in [1.165, 1.54) is 12.1 Å². The highest BCUT2D eigenvalue weighted by Gasteiger charge is 2.30. The number of rotatable bonds is 2. The van der Waals surface area contributed by atoms with Gasteiger partial charge >= 0.3 is 6.18 Å². The average Bonchev–Trinajstić information content (AvgIpc) is 2.40. The van der Waals surface area contributed by atoms with Crippen LogP contribution in [0.15, 0.2) is 42.5 Å². The molecule has 0 amide bonds. The van der Waals surface area contributed by atoms with E-state index >= 15 is 0 Å². The van der Waals surface area contributed by atoms with E-state index < -0.39 is 23.7 Å². The van der Waals surface area contributed by atoms with E-state index in [-0.39, 0.29) is 16.8 Å². The summed E-state index contributed by atoms with van der Waals surface area (Å²) < 4.78 is 50.6. The Balaban J connectivity index is 2.34. The fourth-order valence-corrected chi connectivity index (χ4v) is 1.83. The maximum Gasteiger partial charge on any atom is 0.416 e. The number of nitrogen functional groups attached to an aromatic ring is 1. The lowest BCUT2D eigenvalue weighted by Gasteiger charge is -2.15. The quantitative estimate of drug-likeness (QED) is 0.655. The molecule has 1 unspecified atom stereocenters. The summed E-state index contributed by atoms with van der Waals surface area (Å²) in [5.41, 5.74) is 4.78. The van der Waals surface area contributed by atoms with Crippen molar-refractivity contribution in [3.63, 3.8) is 0 Å². The van der Waals surface area contributed by atoms with Gasteiger partial charge in [-0.15, -0.1) is 0 Å². The molecule has 0 spiro atoms. The number of halogens is 4. The van der Waals surface area contributed by atoms with Gasteiger partial charge in [-0.25, -0.2) is 4.39 Å². The number of benzene rings is 2. The van der Waals surface area contributed by atoms with E-state index in [2.05, 4.69) is 0 Å². The van der Waals surface area contributed by atoms with Crippen LogP contribution < -0.4 is 5.73 Å². The predicted octanol–water partition coefficient (Wildman–Crippen LogP) is 3.51. The van der Waals surface area contributed by atoms with Crippen LogP contribution in [0.1, 0.15) is 22.8 Å². The second kappa shape index (κ2) is 5.13. The SMILES string of the molecule is Nc1c(F)cccc1C(O)c1ccc(C(F)(F)F)cc1. The molecule has 0 aliphatic heterocycles. The first-order valence-corrected chi connectivity index (χ1v) is 5.70. The van der Waals surface area contributed by atoms with Crippen LogP contribution >= 0.6 is 0 Å². The summed E-state index contributed by atoms with van der Waals surface area (Å²) in [6.07, 6.45) is -5.73. The molecule has 0 saturated heterocycles. The molecule has 0 aliphatic rings. The van der Waals surface area contributed by atoms with Gasteiger partial charge in [-0.1, -0.05) is 24.3 Å². The van der Waals surface area contributed by atoms with Crippen LogP contribution in [0.25, 0.3) is 0 Å². The van der Waals surface area contributed by atoms with Crippen LogP contribution in [-0.4, -0.2) is 5.11 Å². The lowest BCUT2D eigenvalue weighted by Crippen LogP contribution is -2.08. The van der Waals surface area contributed by atoms with Gasteiger partial charge in [0.05, 0.1) is 11.3 Å². The van der Waals surface area contributed by atoms with Gasteiger partial charge in [0.1, 0.15) is 11.9 Å². The number of aliphatic hydroxyl groups excluding tert-OH is 1. The Morgan fingerprint density at radius 3 is 2.15 bits per heavy atom. The zero-order valence-corrected chi connectivity index (χ0v) is 10.2. The summed E-state index contributed by atoms with van der Waals surface area (Å²) in [5.74, 6) is -0.687. The first-order chi connectivity index (χ1) is 9.30. The number of aliphatic hydroxyl groups is 1. The van der Waals surface area contributed by atoms with E-state index in [4.69, 9.17) is 5.73 Å². The fraction of sp³-hybridized carbons (Fsp3) is 0.143. The van der Waals surface area contributed by atoms with Crippen molar-refractivity contribution in [2.45, 2.75) is 12.3 Å². The van der Waals surface area contributed by atoms with E-state index in [0.717, 1.165) is 30.3 Å². The number of para-hydroxylation sites is 1. The van der Waals surface area contributed by atoms with Crippen LogP contribution in [0.3, 0.4) is 0 Å². The Morgan fingerprint density at radius 2 is 1.60 bits per heavy atom. The summed E-state index contributed by atoms with van der Waals surface area (Å²) in [6, 6.07) is 7.91. The zero-order chi connectivity index (χ0) is 14.9. The van der Waals surface area contributed by atoms with E-state index in [1.807, 2.05) is 0 Å². The maximum atomic E-state index is 13.3. The van der Waals surface area contributed by atoms with Crippen LogP contribution in [-0.2, 0) is 6.18 Å². The predicted molar refractivity (Wildman–Crippen MR) is 66.3 cm³/mol. The highest BCUT2D eigenvalue weighted by Crippen LogP contribution is 2.32. The minimum Gasteiger partial charge on any atom is -0.396 e. The van der Waals surface area contributed by atoms with Gasteiger partial charge in [0.2, 0.25) is 0 Å². The first kappa shape index (κ1) is 14.3. The topological polar surface area (TPSA) is 46.2 Å². The molecule has 0 aliphatic carbocycles. The number of hydrogen-bond acceptors (Lipinski definition) is 2. The van der Waals surface area contributed by atoms with E-state index in [9.17, 15) is 22.7 Å². The van der Waals surface area contributed by atoms with Crippen molar-refractivity contribution in [2.75, 3.05) is 5.73 Å². The lowest BCUT2D eigenvalue weighted by molar-refractivity contribution is -0.137. The minimum atomic E-state index is -4.44. The molecule has 0 heterocycles. The molecule has 1 atom stereocenters. The average molecular weight is 285 g/mol. The van der Waals surface area contributed by atoms with Crippen molar-refractivity contribution in [3.05, 3.63) is 65.0 Å². The maximum absolute atomic E-state index is 13.3. The highest BCUT2D eigenvalue weighted by molar-refractivity contribution is 5.51. The van der Waals surface area contributed by atoms with Gasteiger partial charge < -0.3 is 10.8 Å². The van der Waals surface area contributed by atoms with Crippen LogP contribution in [0.5, 0.6) is 0 Å². The van der Waals surface area contributed by atoms with Crippen LogP contribution in [0, 0.1) is 5.82 Å². The van der Waals surface area contributed by atoms with E-state index in [1.54, 1.807) is 0 Å². The zero-order valence-electron chi connectivity index (χ0n) is 10.2. The molecule has 6 heteroatoms. The van der Waals surface area contributed by atoms with Gasteiger partial charge in [-0.3, -0.25) is 0 Å². The third-order valence-electron chi connectivity index (χ3n) is 2.93. The molecule has 2 rings (SSSR count). The Kier molecular flexibility index (Phi) is 3.67. The molecule has 0 aromatic heterocycles. The molecule has 2 nitrogen and oxygen atoms in total. The largest absolute Gasteiger partial charge is 0.416 e. The van der Waals surface area contributed by atoms with Crippen molar-refractivity contribution < 1.29 is 22.7 Å². The standard InChI is InChI=1S/C14H11F4NO/c15-11-3-1-2-10(12(11)19)13(20)8-4-6-9(7-5-8)14(16,17)18/h1-7,13,20H,19H2. The Labute approximate surface area is 112 Å². The number of nitrogens with two attached hydrogens (primary N) is 1. The second-order valence-corrected chi connectivity index (χ2v) is 4.27. The summed E-state index contributed by atoms with van der Waals surface area (Å²) in [4.78, 5) is 0. The van der Waals surface area contributed by atoms with Gasteiger partial charge in [0.25, 0.3) is 0 Å². The monoisotopic (exact) mass is 285 g/mol. The Bertz CT molecular complexity index is 608. The summed E-state index contributed by atoms with van der Waals surface area (Å²) in [7, 11) is 0. The van der Waals surface area contributed by atoms with Crippen LogP contribution in [0.4, 0.5) is 23.2 Å². The van der Waals surface area contributed by atoms with Crippen LogP contribution in [0.2, 0.25) is 0 Å². The number of hydrogen-bond donors (Lipinski definition) is 2. The summed E-state index contributed by atoms with van der Waals surface area (Å²) in [5, 5.41) is 10.1. The van der Waals surface area contributed by atoms with Gasteiger partial charge in [-0.2, -0.15) is 13.2 Å².